The van der Waals surface area contributed by atoms with Crippen LogP contribution in [0.1, 0.15) is 40.3 Å². The molecule has 0 radical (unpaired) electrons. The van der Waals surface area contributed by atoms with E-state index < -0.39 is 5.41 Å². The molecule has 2 aliphatic rings. The van der Waals surface area contributed by atoms with Crippen LogP contribution in [0.4, 0.5) is 0 Å². The Bertz CT molecular complexity index is 2680. The fraction of sp³-hybridized carbons (Fsp3) is 0.0444. The van der Waals surface area contributed by atoms with Crippen molar-refractivity contribution in [3.63, 3.8) is 0 Å². The number of aromatic nitrogens is 3. The molecule has 1 unspecified atom stereocenters. The number of thiophene rings is 1. The number of nitrogens with zero attached hydrogens (tertiary/aromatic N) is 5. The van der Waals surface area contributed by atoms with Gasteiger partial charge in [0.2, 0.25) is 0 Å². The van der Waals surface area contributed by atoms with Gasteiger partial charge in [-0.15, -0.1) is 11.3 Å². The van der Waals surface area contributed by atoms with Gasteiger partial charge in [-0.3, -0.25) is 0 Å². The standard InChI is InChI=1S/C45H27N5S/c1-3-4-15-33-27(2)45(37-20-21-39-40(32(25-47)26-51-39)41(37)34-18-16-28(24-46)22-38(34)45)36-19-17-31(23-35(33)36)44-49-42(29-11-7-5-8-12-29)48-43(50-44)30-13-9-6-10-14-30/h3-23,26H,1H2,2H3/b15-4-. The Kier molecular flexibility index (Phi) is 6.96. The SMILES string of the molecule is C=C/C=C\C1=C(C)C2(c3ccc(-c4nc(-c5ccccc5)nc(-c5ccccc5)n4)cc31)c1cc(C#N)ccc1-c1c2ccc2scc(C#N)c12. The van der Waals surface area contributed by atoms with Crippen molar-refractivity contribution < 1.29 is 0 Å². The molecular formula is C45H27N5S. The smallest absolute Gasteiger partial charge is 0.164 e. The zero-order valence-corrected chi connectivity index (χ0v) is 28.4. The van der Waals surface area contributed by atoms with Gasteiger partial charge in [0.15, 0.2) is 17.5 Å². The topological polar surface area (TPSA) is 86.2 Å². The van der Waals surface area contributed by atoms with Gasteiger partial charge in [-0.2, -0.15) is 10.5 Å². The summed E-state index contributed by atoms with van der Waals surface area (Å²) >= 11 is 1.59. The molecule has 0 saturated heterocycles. The summed E-state index contributed by atoms with van der Waals surface area (Å²) in [4.78, 5) is 14.9. The maximum absolute atomic E-state index is 10.2. The van der Waals surface area contributed by atoms with Crippen molar-refractivity contribution >= 4 is 27.0 Å². The molecule has 2 heterocycles. The van der Waals surface area contributed by atoms with Crippen LogP contribution in [0.5, 0.6) is 0 Å². The van der Waals surface area contributed by atoms with Crippen molar-refractivity contribution in [3.05, 3.63) is 178 Å². The van der Waals surface area contributed by atoms with E-state index in [2.05, 4.69) is 68.1 Å². The lowest BCUT2D eigenvalue weighted by Crippen LogP contribution is -2.26. The lowest BCUT2D eigenvalue weighted by Gasteiger charge is -2.31. The van der Waals surface area contributed by atoms with Gasteiger partial charge in [-0.05, 0) is 75.7 Å². The maximum atomic E-state index is 10.2. The van der Waals surface area contributed by atoms with Gasteiger partial charge in [-0.25, -0.2) is 15.0 Å². The summed E-state index contributed by atoms with van der Waals surface area (Å²) in [6.45, 7) is 6.16. The first kappa shape index (κ1) is 30.3. The van der Waals surface area contributed by atoms with E-state index in [4.69, 9.17) is 15.0 Å². The second kappa shape index (κ2) is 11.7. The average Bonchev–Trinajstić information content (AvgIpc) is 3.82. The molecule has 0 N–H and O–H groups in total. The number of allylic oxidation sites excluding steroid dienone is 5. The summed E-state index contributed by atoms with van der Waals surface area (Å²) in [5.41, 5.74) is 11.9. The molecule has 0 fully saturated rings. The summed E-state index contributed by atoms with van der Waals surface area (Å²) in [6.07, 6.45) is 5.88. The van der Waals surface area contributed by atoms with Gasteiger partial charge in [0.25, 0.3) is 0 Å². The van der Waals surface area contributed by atoms with Crippen LogP contribution in [0.15, 0.2) is 145 Å². The first-order valence-corrected chi connectivity index (χ1v) is 17.5. The van der Waals surface area contributed by atoms with E-state index >= 15 is 0 Å². The second-order valence-corrected chi connectivity index (χ2v) is 13.6. The summed E-state index contributed by atoms with van der Waals surface area (Å²) in [5.74, 6) is 1.78. The fourth-order valence-corrected chi connectivity index (χ4v) is 8.83. The molecule has 5 nitrogen and oxygen atoms in total. The van der Waals surface area contributed by atoms with Gasteiger partial charge in [0, 0.05) is 32.2 Å². The highest BCUT2D eigenvalue weighted by Gasteiger charge is 2.52. The Labute approximate surface area is 299 Å². The molecule has 238 valence electrons. The van der Waals surface area contributed by atoms with Crippen LogP contribution in [-0.4, -0.2) is 15.0 Å². The Hall–Kier alpha value is -6.73. The van der Waals surface area contributed by atoms with E-state index in [1.54, 1.807) is 17.4 Å². The number of fused-ring (bicyclic) bond motifs is 9. The van der Waals surface area contributed by atoms with Crippen molar-refractivity contribution in [2.45, 2.75) is 12.3 Å². The number of rotatable bonds is 5. The lowest BCUT2D eigenvalue weighted by atomic mass is 9.69. The molecule has 0 bridgehead atoms. The minimum Gasteiger partial charge on any atom is -0.208 e. The largest absolute Gasteiger partial charge is 0.208 e. The normalized spacial score (nSPS) is 15.5. The molecule has 1 atom stereocenters. The second-order valence-electron chi connectivity index (χ2n) is 12.7. The molecule has 51 heavy (non-hydrogen) atoms. The van der Waals surface area contributed by atoms with Gasteiger partial charge < -0.3 is 0 Å². The summed E-state index contributed by atoms with van der Waals surface area (Å²) in [6, 6.07) is 41.6. The Morgan fingerprint density at radius 3 is 2.00 bits per heavy atom. The highest BCUT2D eigenvalue weighted by atomic mass is 32.1. The van der Waals surface area contributed by atoms with E-state index in [1.807, 2.05) is 84.3 Å². The van der Waals surface area contributed by atoms with E-state index in [-0.39, 0.29) is 0 Å². The quantitative estimate of drug-likeness (QED) is 0.170. The average molecular weight is 670 g/mol. The third-order valence-electron chi connectivity index (χ3n) is 10.1. The van der Waals surface area contributed by atoms with Crippen LogP contribution < -0.4 is 0 Å². The monoisotopic (exact) mass is 669 g/mol. The third-order valence-corrected chi connectivity index (χ3v) is 11.1. The molecule has 1 spiro atoms. The lowest BCUT2D eigenvalue weighted by molar-refractivity contribution is 0.767. The molecule has 2 aromatic heterocycles. The zero-order valence-electron chi connectivity index (χ0n) is 27.6. The van der Waals surface area contributed by atoms with Crippen LogP contribution in [0.25, 0.3) is 60.9 Å². The molecule has 7 aromatic rings. The number of hydrogen-bond donors (Lipinski definition) is 0. The van der Waals surface area contributed by atoms with Crippen molar-refractivity contribution in [2.24, 2.45) is 0 Å². The molecule has 5 aromatic carbocycles. The van der Waals surface area contributed by atoms with Gasteiger partial charge in [-0.1, -0.05) is 110 Å². The summed E-state index contributed by atoms with van der Waals surface area (Å²) in [5, 5.41) is 23.2. The van der Waals surface area contributed by atoms with Crippen molar-refractivity contribution in [1.29, 1.82) is 10.5 Å². The van der Waals surface area contributed by atoms with Gasteiger partial charge >= 0.3 is 0 Å². The highest BCUT2D eigenvalue weighted by molar-refractivity contribution is 7.17. The summed E-state index contributed by atoms with van der Waals surface area (Å²) < 4.78 is 1.07. The molecule has 0 saturated carbocycles. The van der Waals surface area contributed by atoms with Crippen LogP contribution in [0, 0.1) is 22.7 Å². The Balaban J connectivity index is 1.33. The number of nitriles is 2. The molecule has 9 rings (SSSR count). The van der Waals surface area contributed by atoms with Crippen molar-refractivity contribution in [2.75, 3.05) is 0 Å². The van der Waals surface area contributed by atoms with Crippen molar-refractivity contribution in [1.82, 2.24) is 15.0 Å². The first-order valence-electron chi connectivity index (χ1n) is 16.6. The Morgan fingerprint density at radius 1 is 0.686 bits per heavy atom. The molecular weight excluding hydrogens is 643 g/mol. The van der Waals surface area contributed by atoms with E-state index in [0.29, 0.717) is 28.6 Å². The van der Waals surface area contributed by atoms with Crippen LogP contribution in [-0.2, 0) is 5.41 Å². The van der Waals surface area contributed by atoms with Crippen LogP contribution in [0.3, 0.4) is 0 Å². The zero-order chi connectivity index (χ0) is 34.7. The van der Waals surface area contributed by atoms with Crippen molar-refractivity contribution in [3.8, 4) is 57.4 Å². The Morgan fingerprint density at radius 2 is 1.35 bits per heavy atom. The number of hydrogen-bond acceptors (Lipinski definition) is 6. The minimum atomic E-state index is -0.682. The van der Waals surface area contributed by atoms with E-state index in [0.717, 1.165) is 71.3 Å². The van der Waals surface area contributed by atoms with E-state index in [1.165, 1.54) is 0 Å². The van der Waals surface area contributed by atoms with Gasteiger partial charge in [0.1, 0.15) is 6.07 Å². The third kappa shape index (κ3) is 4.41. The molecule has 6 heteroatoms. The first-order chi connectivity index (χ1) is 25.1. The number of benzene rings is 5. The minimum absolute atomic E-state index is 0.578. The predicted molar refractivity (Wildman–Crippen MR) is 205 cm³/mol. The summed E-state index contributed by atoms with van der Waals surface area (Å²) in [7, 11) is 0. The van der Waals surface area contributed by atoms with Crippen LogP contribution >= 0.6 is 11.3 Å². The molecule has 0 amide bonds. The fourth-order valence-electron chi connectivity index (χ4n) is 7.94. The predicted octanol–water partition coefficient (Wildman–Crippen LogP) is 10.7. The van der Waals surface area contributed by atoms with E-state index in [9.17, 15) is 10.5 Å². The highest BCUT2D eigenvalue weighted by Crippen LogP contribution is 2.63. The van der Waals surface area contributed by atoms with Crippen LogP contribution in [0.2, 0.25) is 0 Å². The molecule has 0 aliphatic heterocycles. The maximum Gasteiger partial charge on any atom is 0.164 e. The van der Waals surface area contributed by atoms with Gasteiger partial charge in [0.05, 0.1) is 22.6 Å². The molecule has 2 aliphatic carbocycles.